The second-order valence-corrected chi connectivity index (χ2v) is 22.7. The number of unbranched alkanes of at least 4 members (excludes halogenated alkanes) is 29. The van der Waals surface area contributed by atoms with Gasteiger partial charge in [-0.2, -0.15) is 0 Å². The van der Waals surface area contributed by atoms with Crippen LogP contribution >= 0.6 is 0 Å². The van der Waals surface area contributed by atoms with E-state index in [1.165, 1.54) is 141 Å². The predicted molar refractivity (Wildman–Crippen MR) is 362 cm³/mol. The molecule has 0 aliphatic heterocycles. The van der Waals surface area contributed by atoms with Crippen molar-refractivity contribution < 1.29 is 28.6 Å². The lowest BCUT2D eigenvalue weighted by Gasteiger charge is -2.18. The fraction of sp³-hybridized carbons (Fsp3) is 0.675. The number of allylic oxidation sites excluding steroid dienone is 22. The molecule has 6 heteroatoms. The molecule has 0 aromatic rings. The monoisotopic (exact) mass is 1150 g/mol. The molecule has 0 fully saturated rings. The van der Waals surface area contributed by atoms with Crippen LogP contribution in [0, 0.1) is 0 Å². The van der Waals surface area contributed by atoms with Gasteiger partial charge >= 0.3 is 17.9 Å². The van der Waals surface area contributed by atoms with E-state index in [2.05, 4.69) is 154 Å². The van der Waals surface area contributed by atoms with Gasteiger partial charge in [-0.3, -0.25) is 14.4 Å². The summed E-state index contributed by atoms with van der Waals surface area (Å²) in [7, 11) is 0. The summed E-state index contributed by atoms with van der Waals surface area (Å²) < 4.78 is 16.8. The highest BCUT2D eigenvalue weighted by Crippen LogP contribution is 2.17. The van der Waals surface area contributed by atoms with Crippen molar-refractivity contribution in [3.63, 3.8) is 0 Å². The first-order valence-electron chi connectivity index (χ1n) is 34.7. The molecular weight excluding hydrogens is 1020 g/mol. The smallest absolute Gasteiger partial charge is 0.306 e. The minimum absolute atomic E-state index is 0.0911. The van der Waals surface area contributed by atoms with E-state index >= 15 is 0 Å². The molecule has 1 atom stereocenters. The van der Waals surface area contributed by atoms with Crippen LogP contribution < -0.4 is 0 Å². The quantitative estimate of drug-likeness (QED) is 0.0261. The summed E-state index contributed by atoms with van der Waals surface area (Å²) in [6.07, 6.45) is 99.4. The highest BCUT2D eigenvalue weighted by atomic mass is 16.6. The van der Waals surface area contributed by atoms with Gasteiger partial charge in [-0.25, -0.2) is 0 Å². The molecule has 1 unspecified atom stereocenters. The van der Waals surface area contributed by atoms with Gasteiger partial charge in [-0.1, -0.05) is 315 Å². The van der Waals surface area contributed by atoms with Crippen LogP contribution in [-0.4, -0.2) is 37.2 Å². The molecule has 0 aromatic heterocycles. The molecule has 0 radical (unpaired) electrons. The van der Waals surface area contributed by atoms with Gasteiger partial charge < -0.3 is 14.2 Å². The summed E-state index contributed by atoms with van der Waals surface area (Å²) in [5.41, 5.74) is 0. The third-order valence-electron chi connectivity index (χ3n) is 14.7. The highest BCUT2D eigenvalue weighted by molar-refractivity contribution is 5.71. The first-order chi connectivity index (χ1) is 41.0. The molecule has 0 aliphatic carbocycles. The number of hydrogen-bond acceptors (Lipinski definition) is 6. The Morgan fingerprint density at radius 1 is 0.253 bits per heavy atom. The molecule has 0 heterocycles. The molecule has 0 spiro atoms. The number of ether oxygens (including phenoxy) is 3. The van der Waals surface area contributed by atoms with E-state index in [1.54, 1.807) is 0 Å². The minimum Gasteiger partial charge on any atom is -0.462 e. The van der Waals surface area contributed by atoms with Gasteiger partial charge in [-0.05, 0) is 116 Å². The molecule has 6 nitrogen and oxygen atoms in total. The number of esters is 3. The van der Waals surface area contributed by atoms with Gasteiger partial charge in [0, 0.05) is 19.3 Å². The van der Waals surface area contributed by atoms with Crippen molar-refractivity contribution >= 4 is 17.9 Å². The van der Waals surface area contributed by atoms with Crippen LogP contribution in [-0.2, 0) is 28.6 Å². The zero-order chi connectivity index (χ0) is 59.9. The van der Waals surface area contributed by atoms with Crippen molar-refractivity contribution in [1.82, 2.24) is 0 Å². The fourth-order valence-corrected chi connectivity index (χ4v) is 9.53. The maximum atomic E-state index is 12.9. The lowest BCUT2D eigenvalue weighted by atomic mass is 10.0. The van der Waals surface area contributed by atoms with Crippen molar-refractivity contribution in [3.8, 4) is 0 Å². The van der Waals surface area contributed by atoms with E-state index in [4.69, 9.17) is 14.2 Å². The molecular formula is C77H128O6. The SMILES string of the molecule is CC/C=C\C/C=C\C/C=C\C/C=C\C/C=C\C/C=C\C/C=C\CCCCCC(=O)OC(COC(=O)CCCCCCCCC)COC(=O)CCCCCCCCCCCCCCCCCCCCCC/C=C\C/C=C\C/C=C\C/C=C\CC. The zero-order valence-electron chi connectivity index (χ0n) is 54.2. The van der Waals surface area contributed by atoms with Gasteiger partial charge in [-0.15, -0.1) is 0 Å². The summed E-state index contributed by atoms with van der Waals surface area (Å²) in [6, 6.07) is 0. The Bertz CT molecular complexity index is 1750. The van der Waals surface area contributed by atoms with Crippen LogP contribution in [0.4, 0.5) is 0 Å². The molecule has 83 heavy (non-hydrogen) atoms. The third-order valence-corrected chi connectivity index (χ3v) is 14.7. The van der Waals surface area contributed by atoms with E-state index in [-0.39, 0.29) is 37.5 Å². The largest absolute Gasteiger partial charge is 0.462 e. The zero-order valence-corrected chi connectivity index (χ0v) is 54.2. The first-order valence-corrected chi connectivity index (χ1v) is 34.7. The number of carbonyl (C=O) groups is 3. The Kier molecular flexibility index (Phi) is 66.3. The average molecular weight is 1150 g/mol. The van der Waals surface area contributed by atoms with Crippen molar-refractivity contribution in [2.45, 2.75) is 322 Å². The summed E-state index contributed by atoms with van der Waals surface area (Å²) in [5, 5.41) is 0. The summed E-state index contributed by atoms with van der Waals surface area (Å²) in [4.78, 5) is 38.2. The predicted octanol–water partition coefficient (Wildman–Crippen LogP) is 24.1. The van der Waals surface area contributed by atoms with Crippen LogP contribution in [0.1, 0.15) is 316 Å². The molecule has 472 valence electrons. The molecule has 0 aliphatic rings. The maximum Gasteiger partial charge on any atom is 0.306 e. The van der Waals surface area contributed by atoms with Crippen molar-refractivity contribution in [2.24, 2.45) is 0 Å². The normalized spacial score (nSPS) is 13.0. The summed E-state index contributed by atoms with van der Waals surface area (Å²) >= 11 is 0. The second kappa shape index (κ2) is 70.0. The maximum absolute atomic E-state index is 12.9. The van der Waals surface area contributed by atoms with Gasteiger partial charge in [0.15, 0.2) is 6.10 Å². The van der Waals surface area contributed by atoms with E-state index in [1.807, 2.05) is 0 Å². The van der Waals surface area contributed by atoms with Crippen LogP contribution in [0.2, 0.25) is 0 Å². The lowest BCUT2D eigenvalue weighted by Crippen LogP contribution is -2.30. The van der Waals surface area contributed by atoms with Crippen LogP contribution in [0.25, 0.3) is 0 Å². The minimum atomic E-state index is -0.796. The van der Waals surface area contributed by atoms with Crippen LogP contribution in [0.5, 0.6) is 0 Å². The molecule has 0 N–H and O–H groups in total. The molecule has 0 amide bonds. The molecule has 0 rings (SSSR count). The summed E-state index contributed by atoms with van der Waals surface area (Å²) in [6.45, 7) is 6.36. The molecule has 0 saturated carbocycles. The first kappa shape index (κ1) is 78.5. The Balaban J connectivity index is 4.11. The third kappa shape index (κ3) is 68.2. The van der Waals surface area contributed by atoms with Gasteiger partial charge in [0.05, 0.1) is 0 Å². The molecule has 0 bridgehead atoms. The van der Waals surface area contributed by atoms with Crippen molar-refractivity contribution in [1.29, 1.82) is 0 Å². The lowest BCUT2D eigenvalue weighted by molar-refractivity contribution is -0.167. The molecule has 0 aromatic carbocycles. The van der Waals surface area contributed by atoms with E-state index in [9.17, 15) is 14.4 Å². The van der Waals surface area contributed by atoms with E-state index in [0.717, 1.165) is 135 Å². The number of carbonyl (C=O) groups excluding carboxylic acids is 3. The standard InChI is InChI=1S/C77H128O6/c1-4-7-10-13-16-18-20-22-24-26-28-30-32-34-35-36-37-38-39-40-41-43-44-46-48-50-52-54-56-58-61-64-67-70-76(79)82-73-74(72-81-75(78)69-66-63-60-15-12-9-6-3)83-77(80)71-68-65-62-59-57-55-53-51-49-47-45-42-33-31-29-27-25-23-21-19-17-14-11-8-5-2/h7-8,10-11,16-19,22-25,28-31,42,45,49,51,55,57,74H,4-6,9,12-15,20-21,26-27,32-41,43-44,46-48,50,52-54,56,58-73H2,1-3H3/b10-7-,11-8-,18-16-,19-17-,24-22-,25-23-,30-28-,31-29-,45-42-,51-49-,57-55-. The van der Waals surface area contributed by atoms with Gasteiger partial charge in [0.25, 0.3) is 0 Å². The second-order valence-electron chi connectivity index (χ2n) is 22.7. The van der Waals surface area contributed by atoms with Crippen LogP contribution in [0.15, 0.2) is 134 Å². The number of rotatable bonds is 62. The average Bonchev–Trinajstić information content (AvgIpc) is 3.50. The van der Waals surface area contributed by atoms with Crippen molar-refractivity contribution in [2.75, 3.05) is 13.2 Å². The van der Waals surface area contributed by atoms with E-state index in [0.29, 0.717) is 12.8 Å². The van der Waals surface area contributed by atoms with Crippen LogP contribution in [0.3, 0.4) is 0 Å². The number of hydrogen-bond donors (Lipinski definition) is 0. The van der Waals surface area contributed by atoms with Crippen molar-refractivity contribution in [3.05, 3.63) is 134 Å². The Hall–Kier alpha value is -4.45. The topological polar surface area (TPSA) is 78.9 Å². The van der Waals surface area contributed by atoms with E-state index < -0.39 is 6.10 Å². The van der Waals surface area contributed by atoms with Gasteiger partial charge in [0.2, 0.25) is 0 Å². The Morgan fingerprint density at radius 3 is 0.747 bits per heavy atom. The highest BCUT2D eigenvalue weighted by Gasteiger charge is 2.19. The Labute approximate surface area is 513 Å². The van der Waals surface area contributed by atoms with Gasteiger partial charge in [0.1, 0.15) is 13.2 Å². The fourth-order valence-electron chi connectivity index (χ4n) is 9.53. The summed E-state index contributed by atoms with van der Waals surface area (Å²) in [5.74, 6) is -0.924. The Morgan fingerprint density at radius 2 is 0.470 bits per heavy atom. The molecule has 0 saturated heterocycles.